The summed E-state index contributed by atoms with van der Waals surface area (Å²) in [5.41, 5.74) is 0.281. The first-order valence-electron chi connectivity index (χ1n) is 5.21. The molecule has 1 aliphatic heterocycles. The van der Waals surface area contributed by atoms with E-state index in [1.165, 1.54) is 12.3 Å². The van der Waals surface area contributed by atoms with Gasteiger partial charge in [0.2, 0.25) is 0 Å². The molecule has 1 unspecified atom stereocenters. The number of hydrogen-bond acceptors (Lipinski definition) is 4. The zero-order chi connectivity index (χ0) is 13.1. The SMILES string of the molecule is C=CCN1C=C(C(=O)OCC)C(C)NS1(=O)=O. The van der Waals surface area contributed by atoms with Crippen molar-refractivity contribution in [2.75, 3.05) is 13.2 Å². The van der Waals surface area contributed by atoms with Crippen LogP contribution in [-0.2, 0) is 19.7 Å². The summed E-state index contributed by atoms with van der Waals surface area (Å²) in [4.78, 5) is 11.6. The van der Waals surface area contributed by atoms with E-state index in [-0.39, 0.29) is 18.7 Å². The van der Waals surface area contributed by atoms with Gasteiger partial charge in [-0.05, 0) is 13.8 Å². The minimum atomic E-state index is -3.59. The molecular formula is C10H16N2O4S. The molecule has 0 aromatic rings. The van der Waals surface area contributed by atoms with E-state index in [4.69, 9.17) is 4.74 Å². The van der Waals surface area contributed by atoms with Gasteiger partial charge in [-0.15, -0.1) is 6.58 Å². The van der Waals surface area contributed by atoms with Crippen LogP contribution in [0.25, 0.3) is 0 Å². The molecule has 6 nitrogen and oxygen atoms in total. The minimum absolute atomic E-state index is 0.102. The molecule has 0 aromatic heterocycles. The van der Waals surface area contributed by atoms with Gasteiger partial charge in [0, 0.05) is 6.20 Å². The summed E-state index contributed by atoms with van der Waals surface area (Å²) in [6.07, 6.45) is 2.73. The maximum Gasteiger partial charge on any atom is 0.337 e. The van der Waals surface area contributed by atoms with Gasteiger partial charge in [-0.25, -0.2) is 4.79 Å². The van der Waals surface area contributed by atoms with Crippen LogP contribution in [0.3, 0.4) is 0 Å². The Labute approximate surface area is 101 Å². The number of carbonyl (C=O) groups excluding carboxylic acids is 1. The minimum Gasteiger partial charge on any atom is -0.463 e. The Morgan fingerprint density at radius 3 is 2.88 bits per heavy atom. The molecule has 7 heteroatoms. The predicted molar refractivity (Wildman–Crippen MR) is 63.1 cm³/mol. The average Bonchev–Trinajstić information content (AvgIpc) is 2.21. The Morgan fingerprint density at radius 2 is 2.35 bits per heavy atom. The average molecular weight is 260 g/mol. The standard InChI is InChI=1S/C10H16N2O4S/c1-4-6-12-7-9(10(13)16-5-2)8(3)11-17(12,14)15/h4,7-8,11H,1,5-6H2,2-3H3. The zero-order valence-electron chi connectivity index (χ0n) is 9.84. The Bertz CT molecular complexity index is 441. The summed E-state index contributed by atoms with van der Waals surface area (Å²) in [5, 5.41) is 0. The Morgan fingerprint density at radius 1 is 1.71 bits per heavy atom. The number of hydrogen-bond donors (Lipinski definition) is 1. The molecule has 0 fully saturated rings. The summed E-state index contributed by atoms with van der Waals surface area (Å²) in [6.45, 7) is 7.10. The van der Waals surface area contributed by atoms with Crippen LogP contribution in [0.2, 0.25) is 0 Å². The summed E-state index contributed by atoms with van der Waals surface area (Å²) in [5.74, 6) is -0.517. The summed E-state index contributed by atoms with van der Waals surface area (Å²) < 4.78 is 31.6. The van der Waals surface area contributed by atoms with E-state index in [1.54, 1.807) is 13.8 Å². The van der Waals surface area contributed by atoms with Crippen molar-refractivity contribution in [3.8, 4) is 0 Å². The molecule has 1 aliphatic rings. The largest absolute Gasteiger partial charge is 0.463 e. The van der Waals surface area contributed by atoms with Crippen molar-refractivity contribution < 1.29 is 17.9 Å². The van der Waals surface area contributed by atoms with Crippen molar-refractivity contribution in [3.63, 3.8) is 0 Å². The summed E-state index contributed by atoms with van der Waals surface area (Å²) >= 11 is 0. The quantitative estimate of drug-likeness (QED) is 0.577. The number of rotatable bonds is 4. The van der Waals surface area contributed by atoms with Crippen molar-refractivity contribution in [3.05, 3.63) is 24.4 Å². The predicted octanol–water partition coefficient (Wildman–Crippen LogP) is 0.158. The lowest BCUT2D eigenvalue weighted by Gasteiger charge is -2.29. The van der Waals surface area contributed by atoms with Crippen LogP contribution in [-0.4, -0.2) is 37.9 Å². The highest BCUT2D eigenvalue weighted by molar-refractivity contribution is 7.87. The van der Waals surface area contributed by atoms with E-state index in [1.807, 2.05) is 0 Å². The molecular weight excluding hydrogens is 244 g/mol. The molecule has 1 atom stereocenters. The van der Waals surface area contributed by atoms with E-state index in [0.29, 0.717) is 0 Å². The second-order valence-electron chi connectivity index (χ2n) is 3.51. The monoisotopic (exact) mass is 260 g/mol. The van der Waals surface area contributed by atoms with Gasteiger partial charge in [-0.3, -0.25) is 4.31 Å². The maximum absolute atomic E-state index is 11.7. The fourth-order valence-electron chi connectivity index (χ4n) is 1.41. The lowest BCUT2D eigenvalue weighted by molar-refractivity contribution is -0.138. The lowest BCUT2D eigenvalue weighted by Crippen LogP contribution is -2.48. The topological polar surface area (TPSA) is 75.7 Å². The molecule has 0 aliphatic carbocycles. The van der Waals surface area contributed by atoms with Crippen molar-refractivity contribution in [1.29, 1.82) is 0 Å². The van der Waals surface area contributed by atoms with Crippen molar-refractivity contribution in [1.82, 2.24) is 9.03 Å². The highest BCUT2D eigenvalue weighted by atomic mass is 32.2. The molecule has 0 aromatic carbocycles. The first-order valence-corrected chi connectivity index (χ1v) is 6.65. The maximum atomic E-state index is 11.7. The van der Waals surface area contributed by atoms with Gasteiger partial charge in [0.25, 0.3) is 0 Å². The van der Waals surface area contributed by atoms with Gasteiger partial charge >= 0.3 is 16.2 Å². The lowest BCUT2D eigenvalue weighted by atomic mass is 10.1. The normalized spacial score (nSPS) is 22.8. The Hall–Kier alpha value is -1.34. The van der Waals surface area contributed by atoms with Crippen molar-refractivity contribution >= 4 is 16.2 Å². The van der Waals surface area contributed by atoms with Crippen LogP contribution in [0.4, 0.5) is 0 Å². The first-order chi connectivity index (χ1) is 7.92. The third kappa shape index (κ3) is 3.07. The highest BCUT2D eigenvalue weighted by Crippen LogP contribution is 2.16. The van der Waals surface area contributed by atoms with E-state index in [2.05, 4.69) is 11.3 Å². The van der Waals surface area contributed by atoms with Crippen LogP contribution in [0, 0.1) is 0 Å². The number of ether oxygens (including phenoxy) is 1. The number of carbonyl (C=O) groups is 1. The Balaban J connectivity index is 3.04. The van der Waals surface area contributed by atoms with E-state index >= 15 is 0 Å². The van der Waals surface area contributed by atoms with Gasteiger partial charge < -0.3 is 4.74 Å². The second-order valence-corrected chi connectivity index (χ2v) is 5.16. The molecule has 1 heterocycles. The molecule has 1 rings (SSSR count). The van der Waals surface area contributed by atoms with Gasteiger partial charge in [0.1, 0.15) is 0 Å². The van der Waals surface area contributed by atoms with E-state index < -0.39 is 22.2 Å². The molecule has 0 amide bonds. The smallest absolute Gasteiger partial charge is 0.337 e. The molecule has 0 spiro atoms. The van der Waals surface area contributed by atoms with Crippen LogP contribution in [0.1, 0.15) is 13.8 Å². The molecule has 17 heavy (non-hydrogen) atoms. The van der Waals surface area contributed by atoms with Gasteiger partial charge in [-0.1, -0.05) is 6.08 Å². The third-order valence-corrected chi connectivity index (χ3v) is 3.73. The fourth-order valence-corrected chi connectivity index (χ4v) is 2.68. The summed E-state index contributed by atoms with van der Waals surface area (Å²) in [6, 6.07) is -0.597. The molecule has 0 radical (unpaired) electrons. The highest BCUT2D eigenvalue weighted by Gasteiger charge is 2.32. The first kappa shape index (κ1) is 13.7. The summed E-state index contributed by atoms with van der Waals surface area (Å²) in [7, 11) is -3.59. The molecule has 96 valence electrons. The number of nitrogens with one attached hydrogen (secondary N) is 1. The van der Waals surface area contributed by atoms with Crippen LogP contribution in [0.15, 0.2) is 24.4 Å². The van der Waals surface area contributed by atoms with E-state index in [9.17, 15) is 13.2 Å². The fraction of sp³-hybridized carbons (Fsp3) is 0.500. The number of nitrogens with zero attached hydrogens (tertiary/aromatic N) is 1. The van der Waals surface area contributed by atoms with Crippen molar-refractivity contribution in [2.24, 2.45) is 0 Å². The van der Waals surface area contributed by atoms with Gasteiger partial charge in [0.15, 0.2) is 0 Å². The molecule has 0 saturated carbocycles. The Kier molecular flexibility index (Phi) is 4.30. The number of esters is 1. The molecule has 0 bridgehead atoms. The van der Waals surface area contributed by atoms with Crippen molar-refractivity contribution in [2.45, 2.75) is 19.9 Å². The van der Waals surface area contributed by atoms with Crippen LogP contribution < -0.4 is 4.72 Å². The van der Waals surface area contributed by atoms with E-state index in [0.717, 1.165) is 4.31 Å². The molecule has 0 saturated heterocycles. The van der Waals surface area contributed by atoms with Gasteiger partial charge in [0.05, 0.1) is 24.8 Å². The van der Waals surface area contributed by atoms with Crippen LogP contribution >= 0.6 is 0 Å². The zero-order valence-corrected chi connectivity index (χ0v) is 10.7. The van der Waals surface area contributed by atoms with Crippen LogP contribution in [0.5, 0.6) is 0 Å². The molecule has 1 N–H and O–H groups in total. The third-order valence-electron chi connectivity index (χ3n) is 2.20. The van der Waals surface area contributed by atoms with Gasteiger partial charge in [-0.2, -0.15) is 13.1 Å². The second kappa shape index (κ2) is 5.33.